The van der Waals surface area contributed by atoms with E-state index in [1.54, 1.807) is 0 Å². The molecule has 1 saturated heterocycles. The van der Waals surface area contributed by atoms with Crippen molar-refractivity contribution in [1.82, 2.24) is 19.7 Å². The second-order valence-electron chi connectivity index (χ2n) is 8.55. The Labute approximate surface area is 179 Å². The van der Waals surface area contributed by atoms with E-state index in [2.05, 4.69) is 64.0 Å². The maximum Gasteiger partial charge on any atom is 0.239 e. The Balaban J connectivity index is 1.40. The summed E-state index contributed by atoms with van der Waals surface area (Å²) in [6, 6.07) is 20.7. The van der Waals surface area contributed by atoms with Crippen LogP contribution in [0.25, 0.3) is 22.2 Å². The second kappa shape index (κ2) is 9.45. The summed E-state index contributed by atoms with van der Waals surface area (Å²) in [6.45, 7) is 8.79. The van der Waals surface area contributed by atoms with Gasteiger partial charge in [-0.25, -0.2) is 0 Å². The van der Waals surface area contributed by atoms with Crippen LogP contribution in [-0.4, -0.2) is 66.6 Å². The van der Waals surface area contributed by atoms with Gasteiger partial charge in [0.1, 0.15) is 6.54 Å². The minimum absolute atomic E-state index is 0.0683. The van der Waals surface area contributed by atoms with E-state index >= 15 is 0 Å². The number of hydrogen-bond donors (Lipinski definition) is 1. The summed E-state index contributed by atoms with van der Waals surface area (Å²) in [6.07, 6.45) is 0. The molecule has 0 saturated carbocycles. The Morgan fingerprint density at radius 3 is 2.47 bits per heavy atom. The number of rotatable bonds is 7. The zero-order valence-corrected chi connectivity index (χ0v) is 18.1. The summed E-state index contributed by atoms with van der Waals surface area (Å²) in [5.41, 5.74) is 3.30. The topological polar surface area (TPSA) is 40.5 Å². The van der Waals surface area contributed by atoms with Gasteiger partial charge in [-0.1, -0.05) is 55.5 Å². The highest BCUT2D eigenvalue weighted by molar-refractivity contribution is 5.89. The highest BCUT2D eigenvalue weighted by atomic mass is 16.1. The SMILES string of the molecule is CC(CNC(=O)Cn1c(-c2ccccc2)cc2ccccc21)CN1CCN(C)CC1. The number of hydrogen-bond acceptors (Lipinski definition) is 3. The van der Waals surface area contributed by atoms with E-state index in [0.717, 1.165) is 54.9 Å². The second-order valence-corrected chi connectivity index (χ2v) is 8.55. The van der Waals surface area contributed by atoms with Crippen molar-refractivity contribution in [3.8, 4) is 11.3 Å². The average molecular weight is 405 g/mol. The average Bonchev–Trinajstić information content (AvgIpc) is 3.13. The van der Waals surface area contributed by atoms with Crippen LogP contribution in [0.5, 0.6) is 0 Å². The molecule has 0 spiro atoms. The van der Waals surface area contributed by atoms with Gasteiger partial charge in [-0.3, -0.25) is 4.79 Å². The number of nitrogens with one attached hydrogen (secondary N) is 1. The fraction of sp³-hybridized carbons (Fsp3) is 0.400. The molecule has 4 rings (SSSR count). The van der Waals surface area contributed by atoms with Crippen molar-refractivity contribution in [2.45, 2.75) is 13.5 Å². The lowest BCUT2D eigenvalue weighted by Gasteiger charge is -2.33. The maximum absolute atomic E-state index is 12.8. The van der Waals surface area contributed by atoms with Crippen LogP contribution in [0.3, 0.4) is 0 Å². The van der Waals surface area contributed by atoms with Gasteiger partial charge in [0, 0.05) is 55.9 Å². The molecule has 1 aliphatic rings. The molecule has 1 atom stereocenters. The van der Waals surface area contributed by atoms with Crippen LogP contribution in [0.1, 0.15) is 6.92 Å². The third kappa shape index (κ3) is 4.91. The molecule has 0 radical (unpaired) electrons. The van der Waals surface area contributed by atoms with E-state index in [9.17, 15) is 4.79 Å². The maximum atomic E-state index is 12.8. The number of para-hydroxylation sites is 1. The summed E-state index contributed by atoms with van der Waals surface area (Å²) < 4.78 is 2.13. The van der Waals surface area contributed by atoms with Gasteiger partial charge < -0.3 is 19.7 Å². The van der Waals surface area contributed by atoms with E-state index in [4.69, 9.17) is 0 Å². The minimum atomic E-state index is 0.0683. The fourth-order valence-electron chi connectivity index (χ4n) is 4.25. The Kier molecular flexibility index (Phi) is 6.50. The van der Waals surface area contributed by atoms with Gasteiger partial charge in [-0.05, 0) is 30.7 Å². The first-order valence-electron chi connectivity index (χ1n) is 10.9. The first kappa shape index (κ1) is 20.6. The fourth-order valence-corrected chi connectivity index (χ4v) is 4.25. The van der Waals surface area contributed by atoms with Gasteiger partial charge >= 0.3 is 0 Å². The highest BCUT2D eigenvalue weighted by Gasteiger charge is 2.17. The molecule has 158 valence electrons. The van der Waals surface area contributed by atoms with Gasteiger partial charge in [0.15, 0.2) is 0 Å². The van der Waals surface area contributed by atoms with Crippen LogP contribution >= 0.6 is 0 Å². The lowest BCUT2D eigenvalue weighted by molar-refractivity contribution is -0.121. The summed E-state index contributed by atoms with van der Waals surface area (Å²) in [5.74, 6) is 0.506. The summed E-state index contributed by atoms with van der Waals surface area (Å²) in [7, 11) is 2.18. The molecule has 0 aliphatic carbocycles. The molecule has 3 aromatic rings. The zero-order chi connectivity index (χ0) is 20.9. The largest absolute Gasteiger partial charge is 0.354 e. The molecule has 1 unspecified atom stereocenters. The van der Waals surface area contributed by atoms with Gasteiger partial charge in [0.2, 0.25) is 5.91 Å². The standard InChI is InChI=1S/C25H32N4O/c1-20(18-28-14-12-27(2)13-15-28)17-26-25(30)19-29-23-11-7-6-10-22(23)16-24(29)21-8-4-3-5-9-21/h3-11,16,20H,12-15,17-19H2,1-2H3,(H,26,30). The molecule has 30 heavy (non-hydrogen) atoms. The molecule has 1 fully saturated rings. The van der Waals surface area contributed by atoms with Gasteiger partial charge in [0.25, 0.3) is 0 Å². The van der Waals surface area contributed by atoms with Crippen molar-refractivity contribution in [3.05, 3.63) is 60.7 Å². The van der Waals surface area contributed by atoms with Crippen molar-refractivity contribution >= 4 is 16.8 Å². The molecular formula is C25H32N4O. The van der Waals surface area contributed by atoms with Crippen molar-refractivity contribution < 1.29 is 4.79 Å². The monoisotopic (exact) mass is 404 g/mol. The molecule has 1 aliphatic heterocycles. The number of amides is 1. The number of fused-ring (bicyclic) bond motifs is 1. The quantitative estimate of drug-likeness (QED) is 0.657. The minimum Gasteiger partial charge on any atom is -0.354 e. The van der Waals surface area contributed by atoms with Crippen LogP contribution < -0.4 is 5.32 Å². The Hall–Kier alpha value is -2.63. The summed E-state index contributed by atoms with van der Waals surface area (Å²) in [4.78, 5) is 17.7. The van der Waals surface area contributed by atoms with Gasteiger partial charge in [0.05, 0.1) is 0 Å². The first-order valence-corrected chi connectivity index (χ1v) is 10.9. The Bertz CT molecular complexity index is 973. The summed E-state index contributed by atoms with van der Waals surface area (Å²) in [5, 5.41) is 4.33. The van der Waals surface area contributed by atoms with E-state index in [1.165, 1.54) is 0 Å². The summed E-state index contributed by atoms with van der Waals surface area (Å²) >= 11 is 0. The van der Waals surface area contributed by atoms with Crippen molar-refractivity contribution in [2.75, 3.05) is 46.3 Å². The Morgan fingerprint density at radius 1 is 1.00 bits per heavy atom. The van der Waals surface area contributed by atoms with Crippen molar-refractivity contribution in [3.63, 3.8) is 0 Å². The third-order valence-corrected chi connectivity index (χ3v) is 6.00. The lowest BCUT2D eigenvalue weighted by Crippen LogP contribution is -2.47. The third-order valence-electron chi connectivity index (χ3n) is 6.00. The van der Waals surface area contributed by atoms with Crippen molar-refractivity contribution in [1.29, 1.82) is 0 Å². The number of benzene rings is 2. The van der Waals surface area contributed by atoms with Crippen LogP contribution in [-0.2, 0) is 11.3 Å². The Morgan fingerprint density at radius 2 is 1.70 bits per heavy atom. The number of carbonyl (C=O) groups is 1. The molecule has 5 nitrogen and oxygen atoms in total. The molecule has 2 heterocycles. The molecule has 2 aromatic carbocycles. The van der Waals surface area contributed by atoms with Crippen molar-refractivity contribution in [2.24, 2.45) is 5.92 Å². The van der Waals surface area contributed by atoms with E-state index < -0.39 is 0 Å². The molecular weight excluding hydrogens is 372 g/mol. The van der Waals surface area contributed by atoms with Gasteiger partial charge in [-0.2, -0.15) is 0 Å². The van der Waals surface area contributed by atoms with E-state index in [-0.39, 0.29) is 5.91 Å². The number of aromatic nitrogens is 1. The number of nitrogens with zero attached hydrogens (tertiary/aromatic N) is 3. The smallest absolute Gasteiger partial charge is 0.239 e. The van der Waals surface area contributed by atoms with E-state index in [0.29, 0.717) is 19.0 Å². The molecule has 5 heteroatoms. The predicted molar refractivity (Wildman–Crippen MR) is 123 cm³/mol. The number of carbonyl (C=O) groups excluding carboxylic acids is 1. The highest BCUT2D eigenvalue weighted by Crippen LogP contribution is 2.28. The molecule has 1 N–H and O–H groups in total. The number of piperazine rings is 1. The molecule has 0 bridgehead atoms. The zero-order valence-electron chi connectivity index (χ0n) is 18.1. The predicted octanol–water partition coefficient (Wildman–Crippen LogP) is 3.31. The van der Waals surface area contributed by atoms with Crippen LogP contribution in [0.4, 0.5) is 0 Å². The number of likely N-dealkylation sites (N-methyl/N-ethyl adjacent to an activating group) is 1. The van der Waals surface area contributed by atoms with Gasteiger partial charge in [-0.15, -0.1) is 0 Å². The van der Waals surface area contributed by atoms with E-state index in [1.807, 2.05) is 30.3 Å². The van der Waals surface area contributed by atoms with Crippen LogP contribution in [0.2, 0.25) is 0 Å². The van der Waals surface area contributed by atoms with Crippen LogP contribution in [0.15, 0.2) is 60.7 Å². The molecule has 1 aromatic heterocycles. The lowest BCUT2D eigenvalue weighted by atomic mass is 10.1. The van der Waals surface area contributed by atoms with Crippen LogP contribution in [0, 0.1) is 5.92 Å². The first-order chi connectivity index (χ1) is 14.6. The molecule has 1 amide bonds. The normalized spacial score (nSPS) is 16.6.